The third-order valence-electron chi connectivity index (χ3n) is 6.39. The Morgan fingerprint density at radius 2 is 1.97 bits per heavy atom. The van der Waals surface area contributed by atoms with E-state index in [0.717, 1.165) is 38.8 Å². The molecule has 0 fully saturated rings. The fourth-order valence-electron chi connectivity index (χ4n) is 5.01. The molecule has 0 radical (unpaired) electrons. The first kappa shape index (κ1) is 21.6. The Morgan fingerprint density at radius 3 is 2.73 bits per heavy atom. The van der Waals surface area contributed by atoms with E-state index in [4.69, 9.17) is 0 Å². The van der Waals surface area contributed by atoms with E-state index >= 15 is 0 Å². The summed E-state index contributed by atoms with van der Waals surface area (Å²) in [5.74, 6) is -0.189. The van der Waals surface area contributed by atoms with Gasteiger partial charge in [0.1, 0.15) is 5.82 Å². The van der Waals surface area contributed by atoms with E-state index < -0.39 is 5.92 Å². The Balaban J connectivity index is 1.65. The zero-order chi connectivity index (χ0) is 23.3. The van der Waals surface area contributed by atoms with Crippen LogP contribution >= 0.6 is 15.9 Å². The first-order valence-corrected chi connectivity index (χ1v) is 11.8. The van der Waals surface area contributed by atoms with Gasteiger partial charge in [0.2, 0.25) is 0 Å². The molecule has 1 unspecified atom stereocenters. The number of anilines is 1. The number of dihydropyridines is 1. The molecule has 1 aliphatic heterocycles. The predicted molar refractivity (Wildman–Crippen MR) is 132 cm³/mol. The molecule has 0 saturated heterocycles. The number of benzene rings is 1. The maximum absolute atomic E-state index is 13.6. The number of pyridine rings is 1. The molecule has 6 nitrogen and oxygen atoms in total. The fourth-order valence-corrected chi connectivity index (χ4v) is 5.25. The third kappa shape index (κ3) is 3.91. The number of H-pyrrole nitrogens is 1. The molecule has 0 saturated carbocycles. The van der Waals surface area contributed by atoms with E-state index in [-0.39, 0.29) is 17.1 Å². The SMILES string of the molecule is CC1=C(C(=O)Nc2ccc(Br)cn2)C(c2c[nH]c3ccccc23)C2=C(CC(C)(C)CC2=O)N1. The number of hydrogen-bond acceptors (Lipinski definition) is 4. The molecule has 3 heterocycles. The Bertz CT molecular complexity index is 1350. The highest BCUT2D eigenvalue weighted by Gasteiger charge is 2.43. The third-order valence-corrected chi connectivity index (χ3v) is 6.85. The molecule has 1 amide bonds. The van der Waals surface area contributed by atoms with Crippen molar-refractivity contribution in [1.82, 2.24) is 15.3 Å². The number of aromatic amines is 1. The van der Waals surface area contributed by atoms with Crippen molar-refractivity contribution in [2.75, 3.05) is 5.32 Å². The number of Topliss-reactive ketones (excluding diaryl/α,β-unsaturated/α-hetero) is 1. The Hall–Kier alpha value is -3.19. The number of nitrogens with zero attached hydrogens (tertiary/aromatic N) is 1. The van der Waals surface area contributed by atoms with E-state index in [1.807, 2.05) is 43.5 Å². The molecule has 0 bridgehead atoms. The monoisotopic (exact) mass is 504 g/mol. The van der Waals surface area contributed by atoms with Gasteiger partial charge >= 0.3 is 0 Å². The van der Waals surface area contributed by atoms with Crippen molar-refractivity contribution in [3.63, 3.8) is 0 Å². The number of halogens is 1. The maximum atomic E-state index is 13.6. The van der Waals surface area contributed by atoms with Gasteiger partial charge < -0.3 is 15.6 Å². The van der Waals surface area contributed by atoms with Gasteiger partial charge in [-0.05, 0) is 58.5 Å². The normalized spacial score (nSPS) is 20.0. The highest BCUT2D eigenvalue weighted by atomic mass is 79.9. The number of para-hydroxylation sites is 1. The van der Waals surface area contributed by atoms with Crippen LogP contribution in [0.1, 0.15) is 45.1 Å². The molecule has 3 N–H and O–H groups in total. The molecule has 7 heteroatoms. The summed E-state index contributed by atoms with van der Waals surface area (Å²) < 4.78 is 0.831. The van der Waals surface area contributed by atoms with Gasteiger partial charge in [0.05, 0.1) is 0 Å². The van der Waals surface area contributed by atoms with Crippen LogP contribution in [-0.2, 0) is 9.59 Å². The van der Waals surface area contributed by atoms with Crippen LogP contribution in [0, 0.1) is 5.41 Å². The number of ketones is 1. The summed E-state index contributed by atoms with van der Waals surface area (Å²) in [4.78, 5) is 34.7. The fraction of sp³-hybridized carbons (Fsp3) is 0.269. The van der Waals surface area contributed by atoms with Gasteiger partial charge in [-0.3, -0.25) is 9.59 Å². The topological polar surface area (TPSA) is 86.9 Å². The second-order valence-electron chi connectivity index (χ2n) is 9.54. The molecular formula is C26H25BrN4O2. The van der Waals surface area contributed by atoms with Gasteiger partial charge in [-0.1, -0.05) is 32.0 Å². The van der Waals surface area contributed by atoms with E-state index in [9.17, 15) is 9.59 Å². The average molecular weight is 505 g/mol. The number of allylic oxidation sites excluding steroid dienone is 3. The summed E-state index contributed by atoms with van der Waals surface area (Å²) in [7, 11) is 0. The number of fused-ring (bicyclic) bond motifs is 1. The van der Waals surface area contributed by atoms with Crippen molar-refractivity contribution in [1.29, 1.82) is 0 Å². The van der Waals surface area contributed by atoms with Gasteiger partial charge in [-0.25, -0.2) is 4.98 Å². The number of nitrogens with one attached hydrogen (secondary N) is 3. The lowest BCUT2D eigenvalue weighted by Crippen LogP contribution is -2.39. The van der Waals surface area contributed by atoms with Crippen LogP contribution in [0.15, 0.2) is 75.8 Å². The van der Waals surface area contributed by atoms with Crippen molar-refractivity contribution in [3.05, 3.63) is 81.4 Å². The van der Waals surface area contributed by atoms with Crippen molar-refractivity contribution in [2.24, 2.45) is 5.41 Å². The Labute approximate surface area is 200 Å². The van der Waals surface area contributed by atoms with Gasteiger partial charge in [0, 0.05) is 62.6 Å². The first-order chi connectivity index (χ1) is 15.7. The van der Waals surface area contributed by atoms with Crippen LogP contribution in [0.3, 0.4) is 0 Å². The van der Waals surface area contributed by atoms with Crippen molar-refractivity contribution >= 4 is 44.3 Å². The molecule has 2 aromatic heterocycles. The zero-order valence-corrected chi connectivity index (χ0v) is 20.3. The Morgan fingerprint density at radius 1 is 1.18 bits per heavy atom. The smallest absolute Gasteiger partial charge is 0.255 e. The Kier molecular flexibility index (Phi) is 5.24. The molecule has 5 rings (SSSR count). The molecule has 33 heavy (non-hydrogen) atoms. The van der Waals surface area contributed by atoms with Crippen molar-refractivity contribution in [2.45, 2.75) is 39.5 Å². The van der Waals surface area contributed by atoms with E-state index in [1.54, 1.807) is 12.3 Å². The number of aromatic nitrogens is 2. The molecular weight excluding hydrogens is 480 g/mol. The lowest BCUT2D eigenvalue weighted by molar-refractivity contribution is -0.118. The number of hydrogen-bond donors (Lipinski definition) is 3. The van der Waals surface area contributed by atoms with E-state index in [1.165, 1.54) is 0 Å². The summed E-state index contributed by atoms with van der Waals surface area (Å²) in [5, 5.41) is 7.34. The summed E-state index contributed by atoms with van der Waals surface area (Å²) in [6.45, 7) is 6.12. The van der Waals surface area contributed by atoms with Gasteiger partial charge in [0.25, 0.3) is 5.91 Å². The van der Waals surface area contributed by atoms with Crippen LogP contribution in [0.4, 0.5) is 5.82 Å². The van der Waals surface area contributed by atoms with Gasteiger partial charge in [0.15, 0.2) is 5.78 Å². The molecule has 2 aliphatic rings. The number of rotatable bonds is 3. The zero-order valence-electron chi connectivity index (χ0n) is 18.8. The molecule has 1 atom stereocenters. The minimum absolute atomic E-state index is 0.0867. The minimum atomic E-state index is -0.462. The number of carbonyl (C=O) groups is 2. The highest BCUT2D eigenvalue weighted by molar-refractivity contribution is 9.10. The van der Waals surface area contributed by atoms with Crippen LogP contribution in [0.25, 0.3) is 10.9 Å². The average Bonchev–Trinajstić information content (AvgIpc) is 3.17. The van der Waals surface area contributed by atoms with Crippen LogP contribution < -0.4 is 10.6 Å². The van der Waals surface area contributed by atoms with Crippen molar-refractivity contribution in [3.8, 4) is 0 Å². The summed E-state index contributed by atoms with van der Waals surface area (Å²) >= 11 is 3.37. The molecule has 3 aromatic rings. The number of carbonyl (C=O) groups excluding carboxylic acids is 2. The van der Waals surface area contributed by atoms with Gasteiger partial charge in [-0.15, -0.1) is 0 Å². The van der Waals surface area contributed by atoms with Crippen LogP contribution in [0.5, 0.6) is 0 Å². The molecule has 1 aliphatic carbocycles. The van der Waals surface area contributed by atoms with E-state index in [2.05, 4.69) is 50.4 Å². The van der Waals surface area contributed by atoms with Crippen molar-refractivity contribution < 1.29 is 9.59 Å². The van der Waals surface area contributed by atoms with Crippen LogP contribution in [-0.4, -0.2) is 21.7 Å². The summed E-state index contributed by atoms with van der Waals surface area (Å²) in [6, 6.07) is 11.5. The standard InChI is InChI=1S/C26H25BrN4O2/c1-14-22(25(33)31-21-9-8-15(27)12-29-21)23(17-13-28-18-7-5-4-6-16(17)18)24-19(30-14)10-26(2,3)11-20(24)32/h4-9,12-13,23,28,30H,10-11H2,1-3H3,(H,29,31,33). The van der Waals surface area contributed by atoms with Gasteiger partial charge in [-0.2, -0.15) is 0 Å². The second kappa shape index (κ2) is 7.99. The second-order valence-corrected chi connectivity index (χ2v) is 10.5. The quantitative estimate of drug-likeness (QED) is 0.435. The lowest BCUT2D eigenvalue weighted by Gasteiger charge is -2.39. The summed E-state index contributed by atoms with van der Waals surface area (Å²) in [5.41, 5.74) is 4.68. The molecule has 1 aromatic carbocycles. The molecule has 0 spiro atoms. The van der Waals surface area contributed by atoms with Crippen LogP contribution in [0.2, 0.25) is 0 Å². The largest absolute Gasteiger partial charge is 0.362 e. The lowest BCUT2D eigenvalue weighted by atomic mass is 9.68. The van der Waals surface area contributed by atoms with E-state index in [0.29, 0.717) is 23.4 Å². The highest BCUT2D eigenvalue weighted by Crippen LogP contribution is 2.48. The number of amides is 1. The minimum Gasteiger partial charge on any atom is -0.362 e. The molecule has 168 valence electrons. The summed E-state index contributed by atoms with van der Waals surface area (Å²) in [6.07, 6.45) is 4.78. The predicted octanol–water partition coefficient (Wildman–Crippen LogP) is 5.57. The first-order valence-electron chi connectivity index (χ1n) is 11.0. The maximum Gasteiger partial charge on any atom is 0.255 e.